The van der Waals surface area contributed by atoms with Crippen LogP contribution >= 0.6 is 11.8 Å². The highest BCUT2D eigenvalue weighted by Crippen LogP contribution is 2.33. The minimum Gasteiger partial charge on any atom is -0.497 e. The van der Waals surface area contributed by atoms with Crippen LogP contribution < -0.4 is 19.1 Å². The normalized spacial score (nSPS) is 12.1. The molecule has 1 atom stereocenters. The van der Waals surface area contributed by atoms with Gasteiger partial charge in [-0.25, -0.2) is 8.42 Å². The van der Waals surface area contributed by atoms with E-state index in [1.54, 1.807) is 62.6 Å². The summed E-state index contributed by atoms with van der Waals surface area (Å²) < 4.78 is 41.3. The number of methoxy groups -OCH3 is 1. The van der Waals surface area contributed by atoms with E-state index in [0.717, 1.165) is 14.8 Å². The first-order chi connectivity index (χ1) is 23.4. The molecule has 4 rings (SSSR count). The summed E-state index contributed by atoms with van der Waals surface area (Å²) in [4.78, 5) is 31.3. The molecule has 0 aliphatic heterocycles. The van der Waals surface area contributed by atoms with Gasteiger partial charge in [-0.2, -0.15) is 0 Å². The molecule has 0 aliphatic carbocycles. The number of thioether (sulfide) groups is 1. The molecule has 0 radical (unpaired) electrons. The second kappa shape index (κ2) is 16.8. The summed E-state index contributed by atoms with van der Waals surface area (Å²) in [5, 5.41) is 3.05. The van der Waals surface area contributed by atoms with Crippen molar-refractivity contribution in [2.75, 3.05) is 30.8 Å². The molecule has 49 heavy (non-hydrogen) atoms. The van der Waals surface area contributed by atoms with Gasteiger partial charge in [-0.15, -0.1) is 11.8 Å². The quantitative estimate of drug-likeness (QED) is 0.140. The maximum atomic E-state index is 14.8. The fourth-order valence-electron chi connectivity index (χ4n) is 5.30. The predicted molar refractivity (Wildman–Crippen MR) is 196 cm³/mol. The topological polar surface area (TPSA) is 105 Å². The zero-order valence-electron chi connectivity index (χ0n) is 28.9. The van der Waals surface area contributed by atoms with E-state index >= 15 is 0 Å². The van der Waals surface area contributed by atoms with Gasteiger partial charge in [0, 0.05) is 23.4 Å². The third-order valence-electron chi connectivity index (χ3n) is 7.62. The summed E-state index contributed by atoms with van der Waals surface area (Å²) in [5.41, 5.74) is 1.18. The van der Waals surface area contributed by atoms with Crippen LogP contribution in [0.25, 0.3) is 0 Å². The summed E-state index contributed by atoms with van der Waals surface area (Å²) in [7, 11) is -2.73. The Morgan fingerprint density at radius 2 is 1.53 bits per heavy atom. The fourth-order valence-corrected chi connectivity index (χ4v) is 7.14. The first kappa shape index (κ1) is 37.3. The molecule has 0 fully saturated rings. The predicted octanol–water partition coefficient (Wildman–Crippen LogP) is 6.57. The first-order valence-corrected chi connectivity index (χ1v) is 18.7. The highest BCUT2D eigenvalue weighted by atomic mass is 32.2. The highest BCUT2D eigenvalue weighted by Gasteiger charge is 2.36. The number of hydrogen-bond donors (Lipinski definition) is 1. The molecule has 0 bridgehead atoms. The smallest absolute Gasteiger partial charge is 0.264 e. The average Bonchev–Trinajstić information content (AvgIpc) is 3.09. The van der Waals surface area contributed by atoms with Gasteiger partial charge in [0.25, 0.3) is 10.0 Å². The van der Waals surface area contributed by atoms with Gasteiger partial charge in [0.05, 0.1) is 24.3 Å². The van der Waals surface area contributed by atoms with Gasteiger partial charge in [-0.3, -0.25) is 13.9 Å². The van der Waals surface area contributed by atoms with Gasteiger partial charge >= 0.3 is 0 Å². The van der Waals surface area contributed by atoms with Crippen LogP contribution in [-0.2, 0) is 32.6 Å². The number of anilines is 1. The zero-order chi connectivity index (χ0) is 35.6. The minimum atomic E-state index is -4.29. The highest BCUT2D eigenvalue weighted by molar-refractivity contribution is 7.98. The molecule has 0 aliphatic rings. The second-order valence-electron chi connectivity index (χ2n) is 12.4. The number of sulfonamides is 1. The number of carbonyl (C=O) groups is 2. The van der Waals surface area contributed by atoms with E-state index in [2.05, 4.69) is 5.32 Å². The van der Waals surface area contributed by atoms with Crippen LogP contribution in [0.2, 0.25) is 0 Å². The van der Waals surface area contributed by atoms with Gasteiger partial charge < -0.3 is 19.7 Å². The van der Waals surface area contributed by atoms with Crippen molar-refractivity contribution in [3.8, 4) is 11.5 Å². The standard InChI is InChI=1S/C38H45N3O6S2/c1-7-47-35-19-12-11-18-33(35)41(49(44,45)32-22-20-31(48-6)21-23-32)27-36(42)40(26-29-16-13-17-30(24-29)46-5)34(37(43)39-38(2,3)4)25-28-14-9-8-10-15-28/h8-24,34H,7,25-27H2,1-6H3,(H,39,43)/t34-/m1/s1. The number of ether oxygens (including phenoxy) is 2. The average molecular weight is 704 g/mol. The lowest BCUT2D eigenvalue weighted by Crippen LogP contribution is -2.56. The second-order valence-corrected chi connectivity index (χ2v) is 15.1. The van der Waals surface area contributed by atoms with Crippen molar-refractivity contribution in [2.24, 2.45) is 0 Å². The van der Waals surface area contributed by atoms with Crippen molar-refractivity contribution in [1.29, 1.82) is 0 Å². The summed E-state index contributed by atoms with van der Waals surface area (Å²) in [6, 6.07) is 29.0. The molecule has 4 aromatic carbocycles. The Morgan fingerprint density at radius 1 is 0.878 bits per heavy atom. The molecule has 4 aromatic rings. The van der Waals surface area contributed by atoms with Crippen LogP contribution in [0.5, 0.6) is 11.5 Å². The van der Waals surface area contributed by atoms with Crippen LogP contribution in [0.15, 0.2) is 113 Å². The molecule has 0 saturated carbocycles. The lowest BCUT2D eigenvalue weighted by molar-refractivity contribution is -0.140. The van der Waals surface area contributed by atoms with Crippen LogP contribution in [0.4, 0.5) is 5.69 Å². The number of carbonyl (C=O) groups excluding carboxylic acids is 2. The Bertz CT molecular complexity index is 1810. The summed E-state index contributed by atoms with van der Waals surface area (Å²) in [6.07, 6.45) is 2.11. The van der Waals surface area contributed by atoms with Crippen molar-refractivity contribution in [2.45, 2.75) is 62.0 Å². The van der Waals surface area contributed by atoms with Crippen molar-refractivity contribution < 1.29 is 27.5 Å². The number of amides is 2. The molecular weight excluding hydrogens is 659 g/mol. The number of hydrogen-bond acceptors (Lipinski definition) is 7. The largest absolute Gasteiger partial charge is 0.497 e. The molecule has 0 unspecified atom stereocenters. The molecule has 0 spiro atoms. The molecule has 11 heteroatoms. The van der Waals surface area contributed by atoms with E-state index < -0.39 is 34.1 Å². The lowest BCUT2D eigenvalue weighted by atomic mass is 10.0. The van der Waals surface area contributed by atoms with Crippen LogP contribution in [0.1, 0.15) is 38.8 Å². The SMILES string of the molecule is CCOc1ccccc1N(CC(=O)N(Cc1cccc(OC)c1)[C@H](Cc1ccccc1)C(=O)NC(C)(C)C)S(=O)(=O)c1ccc(SC)cc1. The molecule has 0 aromatic heterocycles. The minimum absolute atomic E-state index is 0.0223. The van der Waals surface area contributed by atoms with Crippen molar-refractivity contribution in [1.82, 2.24) is 10.2 Å². The van der Waals surface area contributed by atoms with Gasteiger partial charge in [-0.05, 0) is 93.6 Å². The van der Waals surface area contributed by atoms with E-state index in [1.165, 1.54) is 28.8 Å². The van der Waals surface area contributed by atoms with E-state index in [-0.39, 0.29) is 36.1 Å². The monoisotopic (exact) mass is 703 g/mol. The van der Waals surface area contributed by atoms with Gasteiger partial charge in [0.2, 0.25) is 11.8 Å². The van der Waals surface area contributed by atoms with Crippen LogP contribution in [-0.4, -0.2) is 63.2 Å². The Labute approximate surface area is 294 Å². The van der Waals surface area contributed by atoms with Gasteiger partial charge in [0.15, 0.2) is 0 Å². The molecule has 0 saturated heterocycles. The summed E-state index contributed by atoms with van der Waals surface area (Å²) >= 11 is 1.49. The molecule has 260 valence electrons. The lowest BCUT2D eigenvalue weighted by Gasteiger charge is -2.35. The summed E-state index contributed by atoms with van der Waals surface area (Å²) in [5.74, 6) is -0.0206. The Balaban J connectivity index is 1.86. The number of benzene rings is 4. The number of rotatable bonds is 15. The maximum Gasteiger partial charge on any atom is 0.264 e. The molecule has 2 amide bonds. The van der Waals surface area contributed by atoms with E-state index in [0.29, 0.717) is 17.1 Å². The first-order valence-electron chi connectivity index (χ1n) is 16.0. The third kappa shape index (κ3) is 10.0. The van der Waals surface area contributed by atoms with Gasteiger partial charge in [-0.1, -0.05) is 54.6 Å². The molecule has 0 heterocycles. The van der Waals surface area contributed by atoms with Crippen molar-refractivity contribution in [3.63, 3.8) is 0 Å². The van der Waals surface area contributed by atoms with Crippen LogP contribution in [0.3, 0.4) is 0 Å². The number of nitrogens with zero attached hydrogens (tertiary/aromatic N) is 2. The number of nitrogens with one attached hydrogen (secondary N) is 1. The van der Waals surface area contributed by atoms with Crippen molar-refractivity contribution >= 4 is 39.3 Å². The number of para-hydroxylation sites is 2. The van der Waals surface area contributed by atoms with Gasteiger partial charge in [0.1, 0.15) is 24.1 Å². The maximum absolute atomic E-state index is 14.8. The zero-order valence-corrected chi connectivity index (χ0v) is 30.5. The molecular formula is C38H45N3O6S2. The molecule has 9 nitrogen and oxygen atoms in total. The van der Waals surface area contributed by atoms with E-state index in [9.17, 15) is 18.0 Å². The van der Waals surface area contributed by atoms with Crippen molar-refractivity contribution in [3.05, 3.63) is 114 Å². The van der Waals surface area contributed by atoms with Crippen LogP contribution in [0, 0.1) is 0 Å². The Kier molecular flexibility index (Phi) is 12.8. The van der Waals surface area contributed by atoms with E-state index in [1.807, 2.05) is 69.5 Å². The Hall–Kier alpha value is -4.48. The summed E-state index contributed by atoms with van der Waals surface area (Å²) in [6.45, 7) is 7.15. The molecule has 1 N–H and O–H groups in total. The Morgan fingerprint density at radius 3 is 2.16 bits per heavy atom. The van der Waals surface area contributed by atoms with E-state index in [4.69, 9.17) is 9.47 Å². The fraction of sp³-hybridized carbons (Fsp3) is 0.316. The third-order valence-corrected chi connectivity index (χ3v) is 10.1.